The van der Waals surface area contributed by atoms with Crippen molar-refractivity contribution in [2.24, 2.45) is 5.73 Å². The van der Waals surface area contributed by atoms with Gasteiger partial charge in [-0.2, -0.15) is 18.3 Å². The molecule has 176 valence electrons. The number of hydrogen-bond acceptors (Lipinski definition) is 6. The third-order valence-corrected chi connectivity index (χ3v) is 5.64. The second-order valence-corrected chi connectivity index (χ2v) is 7.92. The Kier molecular flexibility index (Phi) is 6.56. The maximum Gasteiger partial charge on any atom is 0.416 e. The normalized spacial score (nSPS) is 12.6. The Morgan fingerprint density at radius 3 is 2.29 bits per heavy atom. The molecule has 2 aromatic carbocycles. The number of halogens is 4. The van der Waals surface area contributed by atoms with Crippen molar-refractivity contribution < 1.29 is 18.3 Å². The number of anilines is 1. The number of alkyl halides is 3. The smallest absolute Gasteiger partial charge is 0.390 e. The lowest BCUT2D eigenvalue weighted by Crippen LogP contribution is -2.21. The van der Waals surface area contributed by atoms with Crippen LogP contribution in [0.25, 0.3) is 22.4 Å². The Morgan fingerprint density at radius 2 is 1.71 bits per heavy atom. The number of aromatic nitrogens is 4. The maximum absolute atomic E-state index is 12.9. The molecular formula is C23H20ClF3N6O. The van der Waals surface area contributed by atoms with E-state index in [2.05, 4.69) is 15.1 Å². The van der Waals surface area contributed by atoms with Crippen molar-refractivity contribution in [3.63, 3.8) is 0 Å². The topological polar surface area (TPSA) is 116 Å². The molecule has 1 unspecified atom stereocenters. The van der Waals surface area contributed by atoms with Gasteiger partial charge in [0.25, 0.3) is 0 Å². The first-order valence-electron chi connectivity index (χ1n) is 10.2. The van der Waals surface area contributed by atoms with E-state index >= 15 is 0 Å². The average Bonchev–Trinajstić information content (AvgIpc) is 3.24. The Balaban J connectivity index is 1.80. The molecule has 11 heteroatoms. The first-order valence-corrected chi connectivity index (χ1v) is 10.5. The van der Waals surface area contributed by atoms with Crippen molar-refractivity contribution in [2.45, 2.75) is 18.8 Å². The molecule has 1 atom stereocenters. The fourth-order valence-electron chi connectivity index (χ4n) is 3.70. The van der Waals surface area contributed by atoms with Gasteiger partial charge in [-0.1, -0.05) is 35.9 Å². The summed E-state index contributed by atoms with van der Waals surface area (Å²) in [5.74, 6) is 0.224. The summed E-state index contributed by atoms with van der Waals surface area (Å²) >= 11 is 6.01. The summed E-state index contributed by atoms with van der Waals surface area (Å²) in [7, 11) is 0. The van der Waals surface area contributed by atoms with E-state index in [-0.39, 0.29) is 12.4 Å². The van der Waals surface area contributed by atoms with Crippen molar-refractivity contribution in [3.05, 3.63) is 82.9 Å². The van der Waals surface area contributed by atoms with Crippen LogP contribution in [0.5, 0.6) is 0 Å². The zero-order valence-electron chi connectivity index (χ0n) is 17.7. The summed E-state index contributed by atoms with van der Waals surface area (Å²) in [6, 6.07) is 11.1. The average molecular weight is 489 g/mol. The molecule has 0 aliphatic rings. The van der Waals surface area contributed by atoms with Crippen LogP contribution in [0.1, 0.15) is 22.9 Å². The van der Waals surface area contributed by atoms with Gasteiger partial charge in [0.1, 0.15) is 12.1 Å². The van der Waals surface area contributed by atoms with Gasteiger partial charge in [0, 0.05) is 23.3 Å². The standard InChI is InChI=1S/C23H20ClF3N6O/c24-16-7-3-14(4-8-16)20-21(30-12-31-22(20)29)17-10-33(32-18(17)11-34)19(9-28)13-1-5-15(6-2-13)23(25,26)27/h1-8,10,12,19,34H,9,11,28H2,(H2,29,30,31). The number of hydrogen-bond donors (Lipinski definition) is 3. The summed E-state index contributed by atoms with van der Waals surface area (Å²) in [6.07, 6.45) is -1.49. The second-order valence-electron chi connectivity index (χ2n) is 7.49. The van der Waals surface area contributed by atoms with E-state index in [1.165, 1.54) is 23.1 Å². The fraction of sp³-hybridized carbons (Fsp3) is 0.174. The van der Waals surface area contributed by atoms with Gasteiger partial charge in [0.05, 0.1) is 35.2 Å². The number of aliphatic hydroxyl groups is 1. The fourth-order valence-corrected chi connectivity index (χ4v) is 3.82. The molecule has 0 saturated heterocycles. The molecule has 4 aromatic rings. The molecule has 0 bridgehead atoms. The molecule has 0 aliphatic carbocycles. The summed E-state index contributed by atoms with van der Waals surface area (Å²) in [4.78, 5) is 8.47. The lowest BCUT2D eigenvalue weighted by Gasteiger charge is -2.17. The monoisotopic (exact) mass is 488 g/mol. The largest absolute Gasteiger partial charge is 0.416 e. The summed E-state index contributed by atoms with van der Waals surface area (Å²) in [5.41, 5.74) is 14.4. The summed E-state index contributed by atoms with van der Waals surface area (Å²) < 4.78 is 40.4. The third kappa shape index (κ3) is 4.60. The van der Waals surface area contributed by atoms with Gasteiger partial charge in [-0.05, 0) is 35.4 Å². The predicted octanol–water partition coefficient (Wildman–Crippen LogP) is 4.30. The van der Waals surface area contributed by atoms with Crippen molar-refractivity contribution in [1.82, 2.24) is 19.7 Å². The van der Waals surface area contributed by atoms with Crippen molar-refractivity contribution in [1.29, 1.82) is 0 Å². The number of nitrogen functional groups attached to an aromatic ring is 1. The number of benzene rings is 2. The van der Waals surface area contributed by atoms with Crippen molar-refractivity contribution in [3.8, 4) is 22.4 Å². The van der Waals surface area contributed by atoms with E-state index in [0.29, 0.717) is 38.7 Å². The van der Waals surface area contributed by atoms with Crippen LogP contribution in [0, 0.1) is 0 Å². The van der Waals surface area contributed by atoms with E-state index in [4.69, 9.17) is 23.1 Å². The molecular weight excluding hydrogens is 469 g/mol. The minimum absolute atomic E-state index is 0.0628. The van der Waals surface area contributed by atoms with Crippen LogP contribution in [-0.2, 0) is 12.8 Å². The number of rotatable bonds is 6. The first-order chi connectivity index (χ1) is 16.2. The molecule has 0 spiro atoms. The molecule has 7 nitrogen and oxygen atoms in total. The lowest BCUT2D eigenvalue weighted by atomic mass is 10.00. The molecule has 34 heavy (non-hydrogen) atoms. The third-order valence-electron chi connectivity index (χ3n) is 5.39. The van der Waals surface area contributed by atoms with E-state index in [1.807, 2.05) is 0 Å². The van der Waals surface area contributed by atoms with Crippen LogP contribution in [0.3, 0.4) is 0 Å². The van der Waals surface area contributed by atoms with Gasteiger partial charge in [-0.25, -0.2) is 9.97 Å². The van der Waals surface area contributed by atoms with Crippen molar-refractivity contribution in [2.75, 3.05) is 12.3 Å². The Labute approximate surface area is 197 Å². The predicted molar refractivity (Wildman–Crippen MR) is 123 cm³/mol. The lowest BCUT2D eigenvalue weighted by molar-refractivity contribution is -0.137. The Bertz CT molecular complexity index is 1290. The molecule has 4 rings (SSSR count). The quantitative estimate of drug-likeness (QED) is 0.372. The van der Waals surface area contributed by atoms with Gasteiger partial charge < -0.3 is 16.6 Å². The first kappa shape index (κ1) is 23.7. The zero-order chi connectivity index (χ0) is 24.5. The van der Waals surface area contributed by atoms with Gasteiger partial charge in [0.2, 0.25) is 0 Å². The molecule has 0 saturated carbocycles. The number of nitrogens with zero attached hydrogens (tertiary/aromatic N) is 4. The van der Waals surface area contributed by atoms with Gasteiger partial charge in [-0.3, -0.25) is 4.68 Å². The molecule has 0 fully saturated rings. The maximum atomic E-state index is 12.9. The van der Waals surface area contributed by atoms with Crippen molar-refractivity contribution >= 4 is 17.4 Å². The van der Waals surface area contributed by atoms with E-state index in [0.717, 1.165) is 12.1 Å². The molecule has 2 heterocycles. The van der Waals surface area contributed by atoms with Crippen LogP contribution in [0.4, 0.5) is 19.0 Å². The Morgan fingerprint density at radius 1 is 1.03 bits per heavy atom. The molecule has 2 aromatic heterocycles. The molecule has 0 amide bonds. The Hall–Kier alpha value is -3.47. The number of nitrogens with two attached hydrogens (primary N) is 2. The highest BCUT2D eigenvalue weighted by Gasteiger charge is 2.30. The minimum atomic E-state index is -4.44. The molecule has 5 N–H and O–H groups in total. The highest BCUT2D eigenvalue weighted by molar-refractivity contribution is 6.30. The summed E-state index contributed by atoms with van der Waals surface area (Å²) in [6.45, 7) is -0.343. The summed E-state index contributed by atoms with van der Waals surface area (Å²) in [5, 5.41) is 15.0. The van der Waals surface area contributed by atoms with E-state index < -0.39 is 24.4 Å². The number of aliphatic hydroxyl groups excluding tert-OH is 1. The van der Waals surface area contributed by atoms with E-state index in [1.54, 1.807) is 30.5 Å². The highest BCUT2D eigenvalue weighted by atomic mass is 35.5. The molecule has 0 aliphatic heterocycles. The van der Waals surface area contributed by atoms with Gasteiger partial charge in [-0.15, -0.1) is 0 Å². The minimum Gasteiger partial charge on any atom is -0.390 e. The van der Waals surface area contributed by atoms with Gasteiger partial charge in [0.15, 0.2) is 0 Å². The zero-order valence-corrected chi connectivity index (χ0v) is 18.4. The van der Waals surface area contributed by atoms with Crippen LogP contribution in [-0.4, -0.2) is 31.4 Å². The van der Waals surface area contributed by atoms with Crippen LogP contribution >= 0.6 is 11.6 Å². The van der Waals surface area contributed by atoms with E-state index in [9.17, 15) is 18.3 Å². The van der Waals surface area contributed by atoms with Crippen LogP contribution < -0.4 is 11.5 Å². The van der Waals surface area contributed by atoms with Crippen LogP contribution in [0.15, 0.2) is 61.1 Å². The second kappa shape index (κ2) is 9.41. The van der Waals surface area contributed by atoms with Gasteiger partial charge >= 0.3 is 6.18 Å². The van der Waals surface area contributed by atoms with Crippen LogP contribution in [0.2, 0.25) is 5.02 Å². The molecule has 0 radical (unpaired) electrons. The highest BCUT2D eigenvalue weighted by Crippen LogP contribution is 2.37. The SMILES string of the molecule is NCC(c1ccc(C(F)(F)F)cc1)n1cc(-c2ncnc(N)c2-c2ccc(Cl)cc2)c(CO)n1.